The van der Waals surface area contributed by atoms with Crippen LogP contribution in [0.25, 0.3) is 0 Å². The molecule has 0 radical (unpaired) electrons. The van der Waals surface area contributed by atoms with Crippen molar-refractivity contribution in [3.63, 3.8) is 0 Å². The van der Waals surface area contributed by atoms with Gasteiger partial charge in [-0.05, 0) is 25.2 Å². The Labute approximate surface area is 108 Å². The van der Waals surface area contributed by atoms with E-state index in [4.69, 9.17) is 27.6 Å². The largest absolute Gasteiger partial charge is 0.406 e. The minimum absolute atomic E-state index is 0.300. The second kappa shape index (κ2) is 5.35. The number of rotatable bonds is 4. The minimum atomic E-state index is 0.300. The van der Waals surface area contributed by atoms with Gasteiger partial charge in [-0.1, -0.05) is 28.3 Å². The molecule has 2 rings (SSSR count). The predicted octanol–water partition coefficient (Wildman–Crippen LogP) is 2.84. The third-order valence-corrected chi connectivity index (χ3v) is 2.35. The van der Waals surface area contributed by atoms with Gasteiger partial charge in [-0.3, -0.25) is 0 Å². The summed E-state index contributed by atoms with van der Waals surface area (Å²) in [5.41, 5.74) is 0.696. The number of halogens is 2. The van der Waals surface area contributed by atoms with E-state index in [2.05, 4.69) is 20.8 Å². The summed E-state index contributed by atoms with van der Waals surface area (Å²) in [6.45, 7) is 0.519. The van der Waals surface area contributed by atoms with E-state index in [1.807, 2.05) is 0 Å². The first-order valence-electron chi connectivity index (χ1n) is 4.87. The summed E-state index contributed by atoms with van der Waals surface area (Å²) in [6, 6.07) is 5.38. The van der Waals surface area contributed by atoms with Crippen molar-refractivity contribution in [3.05, 3.63) is 34.1 Å². The van der Waals surface area contributed by atoms with Gasteiger partial charge in [0.15, 0.2) is 0 Å². The highest BCUT2D eigenvalue weighted by Crippen LogP contribution is 2.24. The van der Waals surface area contributed by atoms with Gasteiger partial charge in [-0.2, -0.15) is 0 Å². The third kappa shape index (κ3) is 3.33. The van der Waals surface area contributed by atoms with Crippen LogP contribution in [-0.4, -0.2) is 17.2 Å². The lowest BCUT2D eigenvalue weighted by molar-refractivity contribution is 0.493. The molecule has 0 amide bonds. The van der Waals surface area contributed by atoms with Crippen LogP contribution in [0.1, 0.15) is 5.89 Å². The Morgan fingerprint density at radius 2 is 1.88 bits per heavy atom. The quantitative estimate of drug-likeness (QED) is 0.896. The standard InChI is InChI=1S/C10H10Cl2N4O/c1-13-5-9-15-16-10(17-9)14-8-3-6(11)2-7(12)4-8/h2-4,13H,5H2,1H3,(H,14,16). The van der Waals surface area contributed by atoms with Crippen molar-refractivity contribution >= 4 is 34.9 Å². The van der Waals surface area contributed by atoms with Crippen LogP contribution in [0.15, 0.2) is 22.6 Å². The fourth-order valence-electron chi connectivity index (χ4n) is 1.28. The van der Waals surface area contributed by atoms with E-state index in [0.717, 1.165) is 0 Å². The zero-order valence-corrected chi connectivity index (χ0v) is 10.5. The third-order valence-electron chi connectivity index (χ3n) is 1.91. The smallest absolute Gasteiger partial charge is 0.320 e. The highest BCUT2D eigenvalue weighted by molar-refractivity contribution is 6.35. The van der Waals surface area contributed by atoms with Gasteiger partial charge in [0.25, 0.3) is 0 Å². The van der Waals surface area contributed by atoms with Crippen LogP contribution in [-0.2, 0) is 6.54 Å². The Hall–Kier alpha value is -1.30. The van der Waals surface area contributed by atoms with Crippen LogP contribution in [0.4, 0.5) is 11.7 Å². The molecule has 5 nitrogen and oxygen atoms in total. The number of benzene rings is 1. The van der Waals surface area contributed by atoms with Crippen LogP contribution in [0.3, 0.4) is 0 Å². The van der Waals surface area contributed by atoms with Crippen molar-refractivity contribution < 1.29 is 4.42 Å². The second-order valence-electron chi connectivity index (χ2n) is 3.31. The summed E-state index contributed by atoms with van der Waals surface area (Å²) >= 11 is 11.7. The fraction of sp³-hybridized carbons (Fsp3) is 0.200. The van der Waals surface area contributed by atoms with Crippen molar-refractivity contribution in [1.29, 1.82) is 0 Å². The summed E-state index contributed by atoms with van der Waals surface area (Å²) in [4.78, 5) is 0. The molecule has 1 aromatic heterocycles. The summed E-state index contributed by atoms with van der Waals surface area (Å²) in [7, 11) is 1.80. The maximum absolute atomic E-state index is 5.87. The van der Waals surface area contributed by atoms with Crippen molar-refractivity contribution in [3.8, 4) is 0 Å². The first-order chi connectivity index (χ1) is 8.17. The second-order valence-corrected chi connectivity index (χ2v) is 4.19. The summed E-state index contributed by atoms with van der Waals surface area (Å²) in [6.07, 6.45) is 0. The number of nitrogens with zero attached hydrogens (tertiary/aromatic N) is 2. The Morgan fingerprint density at radius 1 is 1.18 bits per heavy atom. The normalized spacial score (nSPS) is 10.5. The first kappa shape index (κ1) is 12.2. The van der Waals surface area contributed by atoms with Crippen LogP contribution >= 0.6 is 23.2 Å². The molecule has 0 bridgehead atoms. The molecule has 0 fully saturated rings. The molecule has 2 aromatic rings. The lowest BCUT2D eigenvalue weighted by Gasteiger charge is -2.02. The molecule has 2 N–H and O–H groups in total. The van der Waals surface area contributed by atoms with Gasteiger partial charge in [-0.25, -0.2) is 0 Å². The molecule has 0 spiro atoms. The molecule has 7 heteroatoms. The van der Waals surface area contributed by atoms with Gasteiger partial charge >= 0.3 is 6.01 Å². The Morgan fingerprint density at radius 3 is 2.53 bits per heavy atom. The fourth-order valence-corrected chi connectivity index (χ4v) is 1.80. The molecular weight excluding hydrogens is 263 g/mol. The first-order valence-corrected chi connectivity index (χ1v) is 5.63. The zero-order chi connectivity index (χ0) is 12.3. The topological polar surface area (TPSA) is 63.0 Å². The highest BCUT2D eigenvalue weighted by atomic mass is 35.5. The van der Waals surface area contributed by atoms with E-state index in [9.17, 15) is 0 Å². The summed E-state index contributed by atoms with van der Waals surface area (Å²) < 4.78 is 5.33. The average molecular weight is 273 g/mol. The molecule has 17 heavy (non-hydrogen) atoms. The van der Waals surface area contributed by atoms with Gasteiger partial charge in [-0.15, -0.1) is 5.10 Å². The van der Waals surface area contributed by atoms with E-state index >= 15 is 0 Å². The number of anilines is 2. The maximum Gasteiger partial charge on any atom is 0.320 e. The van der Waals surface area contributed by atoms with E-state index in [1.54, 1.807) is 25.2 Å². The van der Waals surface area contributed by atoms with Crippen molar-refractivity contribution in [2.24, 2.45) is 0 Å². The molecule has 0 unspecified atom stereocenters. The highest BCUT2D eigenvalue weighted by Gasteiger charge is 2.06. The van der Waals surface area contributed by atoms with E-state index in [0.29, 0.717) is 34.2 Å². The molecule has 0 atom stereocenters. The lowest BCUT2D eigenvalue weighted by Crippen LogP contribution is -2.04. The average Bonchev–Trinajstić information content (AvgIpc) is 2.64. The molecule has 0 saturated carbocycles. The SMILES string of the molecule is CNCc1nnc(Nc2cc(Cl)cc(Cl)c2)o1. The number of hydrogen-bond donors (Lipinski definition) is 2. The maximum atomic E-state index is 5.87. The summed E-state index contributed by atoms with van der Waals surface area (Å²) in [5.74, 6) is 0.503. The van der Waals surface area contributed by atoms with Gasteiger partial charge in [0.1, 0.15) is 0 Å². The number of aromatic nitrogens is 2. The molecule has 0 aliphatic rings. The molecule has 0 aliphatic heterocycles. The van der Waals surface area contributed by atoms with E-state index in [1.165, 1.54) is 0 Å². The molecule has 0 aliphatic carbocycles. The van der Waals surface area contributed by atoms with Crippen molar-refractivity contribution in [2.75, 3.05) is 12.4 Å². The number of hydrogen-bond acceptors (Lipinski definition) is 5. The van der Waals surface area contributed by atoms with E-state index in [-0.39, 0.29) is 0 Å². The number of nitrogens with one attached hydrogen (secondary N) is 2. The van der Waals surface area contributed by atoms with Crippen LogP contribution in [0.2, 0.25) is 10.0 Å². The Balaban J connectivity index is 2.13. The Bertz CT molecular complexity index is 495. The molecule has 0 saturated heterocycles. The lowest BCUT2D eigenvalue weighted by atomic mass is 10.3. The van der Waals surface area contributed by atoms with Gasteiger partial charge in [0.2, 0.25) is 5.89 Å². The van der Waals surface area contributed by atoms with Gasteiger partial charge in [0.05, 0.1) is 6.54 Å². The molecule has 1 aromatic carbocycles. The van der Waals surface area contributed by atoms with Crippen molar-refractivity contribution in [2.45, 2.75) is 6.54 Å². The van der Waals surface area contributed by atoms with Gasteiger partial charge in [0, 0.05) is 15.7 Å². The summed E-state index contributed by atoms with van der Waals surface area (Å²) in [5, 5.41) is 14.6. The molecule has 90 valence electrons. The minimum Gasteiger partial charge on any atom is -0.406 e. The predicted molar refractivity (Wildman–Crippen MR) is 66.8 cm³/mol. The van der Waals surface area contributed by atoms with Crippen LogP contribution in [0, 0.1) is 0 Å². The monoisotopic (exact) mass is 272 g/mol. The zero-order valence-electron chi connectivity index (χ0n) is 9.00. The molecular formula is C10H10Cl2N4O. The van der Waals surface area contributed by atoms with Crippen LogP contribution in [0.5, 0.6) is 0 Å². The van der Waals surface area contributed by atoms with Gasteiger partial charge < -0.3 is 15.1 Å². The van der Waals surface area contributed by atoms with Crippen molar-refractivity contribution in [1.82, 2.24) is 15.5 Å². The molecule has 1 heterocycles. The Kier molecular flexibility index (Phi) is 3.83. The van der Waals surface area contributed by atoms with Crippen LogP contribution < -0.4 is 10.6 Å². The van der Waals surface area contributed by atoms with E-state index < -0.39 is 0 Å².